The van der Waals surface area contributed by atoms with E-state index < -0.39 is 6.36 Å². The molecular weight excluding hydrogens is 219 g/mol. The first-order valence-electron chi connectivity index (χ1n) is 4.91. The molecular formula is C11H14F3NO. The molecule has 0 bridgehead atoms. The standard InChI is InChI=1S/C11H14F3NO/c1-7(2)10(15)8-3-5-9(6-4-8)16-11(12,13)14/h3-7,10H,15H2,1-2H3/t10-/m0/s1. The SMILES string of the molecule is CC(C)[C@H](N)c1ccc(OC(F)(F)F)cc1. The summed E-state index contributed by atoms with van der Waals surface area (Å²) in [6.07, 6.45) is -4.65. The Balaban J connectivity index is 2.76. The fraction of sp³-hybridized carbons (Fsp3) is 0.455. The lowest BCUT2D eigenvalue weighted by Crippen LogP contribution is -2.18. The number of rotatable bonds is 3. The minimum absolute atomic E-state index is 0.181. The second-order valence-corrected chi connectivity index (χ2v) is 3.89. The average Bonchev–Trinajstić information content (AvgIpc) is 2.15. The Morgan fingerprint density at radius 2 is 1.62 bits per heavy atom. The lowest BCUT2D eigenvalue weighted by Gasteiger charge is -2.16. The maximum Gasteiger partial charge on any atom is 0.573 e. The third-order valence-corrected chi connectivity index (χ3v) is 2.22. The normalized spacial score (nSPS) is 13.9. The number of nitrogens with two attached hydrogens (primary N) is 1. The molecule has 1 atom stereocenters. The van der Waals surface area contributed by atoms with Gasteiger partial charge in [-0.2, -0.15) is 0 Å². The molecule has 2 nitrogen and oxygen atoms in total. The molecule has 0 aliphatic carbocycles. The number of benzene rings is 1. The highest BCUT2D eigenvalue weighted by Crippen LogP contribution is 2.25. The van der Waals surface area contributed by atoms with E-state index >= 15 is 0 Å². The van der Waals surface area contributed by atoms with Crippen molar-refractivity contribution in [3.63, 3.8) is 0 Å². The van der Waals surface area contributed by atoms with Gasteiger partial charge >= 0.3 is 6.36 Å². The first-order chi connectivity index (χ1) is 7.29. The fourth-order valence-corrected chi connectivity index (χ4v) is 1.28. The minimum atomic E-state index is -4.65. The zero-order chi connectivity index (χ0) is 12.3. The Bertz CT molecular complexity index is 332. The molecule has 1 aromatic carbocycles. The van der Waals surface area contributed by atoms with Gasteiger partial charge in [-0.05, 0) is 23.6 Å². The van der Waals surface area contributed by atoms with E-state index in [2.05, 4.69) is 4.74 Å². The van der Waals surface area contributed by atoms with Gasteiger partial charge in [0, 0.05) is 6.04 Å². The second-order valence-electron chi connectivity index (χ2n) is 3.89. The largest absolute Gasteiger partial charge is 0.573 e. The zero-order valence-corrected chi connectivity index (χ0v) is 9.08. The van der Waals surface area contributed by atoms with Gasteiger partial charge in [-0.1, -0.05) is 26.0 Å². The third-order valence-electron chi connectivity index (χ3n) is 2.22. The smallest absolute Gasteiger partial charge is 0.406 e. The van der Waals surface area contributed by atoms with Crippen LogP contribution in [0.5, 0.6) is 5.75 Å². The molecule has 0 unspecified atom stereocenters. The lowest BCUT2D eigenvalue weighted by molar-refractivity contribution is -0.274. The highest BCUT2D eigenvalue weighted by atomic mass is 19.4. The van der Waals surface area contributed by atoms with E-state index in [0.29, 0.717) is 0 Å². The van der Waals surface area contributed by atoms with Crippen LogP contribution in [0.1, 0.15) is 25.5 Å². The first kappa shape index (κ1) is 12.8. The number of ether oxygens (including phenoxy) is 1. The molecule has 0 heterocycles. The third kappa shape index (κ3) is 3.73. The van der Waals surface area contributed by atoms with E-state index in [4.69, 9.17) is 5.73 Å². The molecule has 0 fully saturated rings. The summed E-state index contributed by atoms with van der Waals surface area (Å²) in [5, 5.41) is 0. The zero-order valence-electron chi connectivity index (χ0n) is 9.08. The van der Waals surface area contributed by atoms with Crippen molar-refractivity contribution in [2.45, 2.75) is 26.3 Å². The van der Waals surface area contributed by atoms with Crippen LogP contribution in [0.25, 0.3) is 0 Å². The van der Waals surface area contributed by atoms with Crippen LogP contribution < -0.4 is 10.5 Å². The van der Waals surface area contributed by atoms with E-state index in [1.165, 1.54) is 12.1 Å². The Hall–Kier alpha value is -1.23. The van der Waals surface area contributed by atoms with E-state index in [1.807, 2.05) is 13.8 Å². The van der Waals surface area contributed by atoms with Crippen LogP contribution in [-0.2, 0) is 0 Å². The number of hydrogen-bond acceptors (Lipinski definition) is 2. The van der Waals surface area contributed by atoms with E-state index in [1.54, 1.807) is 12.1 Å². The average molecular weight is 233 g/mol. The molecule has 2 N–H and O–H groups in total. The van der Waals surface area contributed by atoms with Crippen LogP contribution >= 0.6 is 0 Å². The molecule has 0 spiro atoms. The Kier molecular flexibility index (Phi) is 3.80. The Morgan fingerprint density at radius 1 is 1.12 bits per heavy atom. The Morgan fingerprint density at radius 3 is 2.00 bits per heavy atom. The molecule has 1 rings (SSSR count). The summed E-state index contributed by atoms with van der Waals surface area (Å²) < 4.78 is 39.4. The van der Waals surface area contributed by atoms with Crippen molar-refractivity contribution in [1.82, 2.24) is 0 Å². The molecule has 0 aliphatic heterocycles. The lowest BCUT2D eigenvalue weighted by atomic mass is 9.97. The van der Waals surface area contributed by atoms with Crippen LogP contribution in [0.2, 0.25) is 0 Å². The van der Waals surface area contributed by atoms with Crippen molar-refractivity contribution in [3.8, 4) is 5.75 Å². The maximum absolute atomic E-state index is 11.9. The van der Waals surface area contributed by atoms with Crippen molar-refractivity contribution in [1.29, 1.82) is 0 Å². The van der Waals surface area contributed by atoms with Crippen molar-refractivity contribution in [2.24, 2.45) is 11.7 Å². The van der Waals surface area contributed by atoms with Gasteiger partial charge in [-0.3, -0.25) is 0 Å². The van der Waals surface area contributed by atoms with E-state index in [-0.39, 0.29) is 17.7 Å². The van der Waals surface area contributed by atoms with Gasteiger partial charge in [0.2, 0.25) is 0 Å². The van der Waals surface area contributed by atoms with Gasteiger partial charge in [0.05, 0.1) is 0 Å². The van der Waals surface area contributed by atoms with Crippen LogP contribution in [0.3, 0.4) is 0 Å². The molecule has 5 heteroatoms. The molecule has 0 amide bonds. The molecule has 90 valence electrons. The predicted octanol–water partition coefficient (Wildman–Crippen LogP) is 3.24. The summed E-state index contributed by atoms with van der Waals surface area (Å²) in [6, 6.07) is 5.45. The van der Waals surface area contributed by atoms with Crippen molar-refractivity contribution in [3.05, 3.63) is 29.8 Å². The fourth-order valence-electron chi connectivity index (χ4n) is 1.28. The predicted molar refractivity (Wildman–Crippen MR) is 54.9 cm³/mol. The number of alkyl halides is 3. The molecule has 0 saturated heterocycles. The van der Waals surface area contributed by atoms with Crippen LogP contribution in [-0.4, -0.2) is 6.36 Å². The molecule has 0 aromatic heterocycles. The topological polar surface area (TPSA) is 35.2 Å². The highest BCUT2D eigenvalue weighted by Gasteiger charge is 2.31. The monoisotopic (exact) mass is 233 g/mol. The van der Waals surface area contributed by atoms with Gasteiger partial charge in [-0.15, -0.1) is 13.2 Å². The van der Waals surface area contributed by atoms with Crippen LogP contribution in [0.15, 0.2) is 24.3 Å². The summed E-state index contributed by atoms with van der Waals surface area (Å²) in [4.78, 5) is 0. The van der Waals surface area contributed by atoms with Crippen molar-refractivity contribution < 1.29 is 17.9 Å². The van der Waals surface area contributed by atoms with Gasteiger partial charge in [0.1, 0.15) is 5.75 Å². The summed E-state index contributed by atoms with van der Waals surface area (Å²) in [7, 11) is 0. The highest BCUT2D eigenvalue weighted by molar-refractivity contribution is 5.29. The van der Waals surface area contributed by atoms with Crippen LogP contribution in [0.4, 0.5) is 13.2 Å². The molecule has 0 aliphatic rings. The number of halogens is 3. The summed E-state index contributed by atoms with van der Waals surface area (Å²) >= 11 is 0. The van der Waals surface area contributed by atoms with Gasteiger partial charge in [0.25, 0.3) is 0 Å². The molecule has 16 heavy (non-hydrogen) atoms. The van der Waals surface area contributed by atoms with Crippen molar-refractivity contribution >= 4 is 0 Å². The van der Waals surface area contributed by atoms with Gasteiger partial charge in [-0.25, -0.2) is 0 Å². The quantitative estimate of drug-likeness (QED) is 0.869. The van der Waals surface area contributed by atoms with E-state index in [0.717, 1.165) is 5.56 Å². The second kappa shape index (κ2) is 4.74. The van der Waals surface area contributed by atoms with Crippen LogP contribution in [0, 0.1) is 5.92 Å². The van der Waals surface area contributed by atoms with Gasteiger partial charge in [0.15, 0.2) is 0 Å². The van der Waals surface area contributed by atoms with Gasteiger partial charge < -0.3 is 10.5 Å². The van der Waals surface area contributed by atoms with Crippen molar-refractivity contribution in [2.75, 3.05) is 0 Å². The summed E-state index contributed by atoms with van der Waals surface area (Å²) in [5.74, 6) is 0.00147. The molecule has 0 radical (unpaired) electrons. The minimum Gasteiger partial charge on any atom is -0.406 e. The summed E-state index contributed by atoms with van der Waals surface area (Å²) in [6.45, 7) is 3.90. The summed E-state index contributed by atoms with van der Waals surface area (Å²) in [5.41, 5.74) is 6.65. The Labute approximate surface area is 92.2 Å². The maximum atomic E-state index is 11.9. The molecule has 1 aromatic rings. The first-order valence-corrected chi connectivity index (χ1v) is 4.91. The molecule has 0 saturated carbocycles. The van der Waals surface area contributed by atoms with E-state index in [9.17, 15) is 13.2 Å². The number of hydrogen-bond donors (Lipinski definition) is 1.